The number of carbonyl (C=O) groups excluding carboxylic acids is 1. The maximum absolute atomic E-state index is 13.6. The molecule has 34 heavy (non-hydrogen) atoms. The van der Waals surface area contributed by atoms with E-state index in [0.29, 0.717) is 49.3 Å². The zero-order valence-corrected chi connectivity index (χ0v) is 21.5. The Morgan fingerprint density at radius 3 is 2.74 bits per heavy atom. The fraction of sp³-hybridized carbons (Fsp3) is 0.292. The van der Waals surface area contributed by atoms with Crippen LogP contribution in [0.2, 0.25) is 5.02 Å². The first-order chi connectivity index (χ1) is 16.4. The van der Waals surface area contributed by atoms with Gasteiger partial charge in [0.2, 0.25) is 0 Å². The third-order valence-electron chi connectivity index (χ3n) is 5.16. The molecular formula is C24H23ClN2O5S2. The summed E-state index contributed by atoms with van der Waals surface area (Å²) in [6.45, 7) is 6.06. The number of aromatic nitrogens is 1. The van der Waals surface area contributed by atoms with E-state index in [1.165, 1.54) is 29.8 Å². The van der Waals surface area contributed by atoms with Crippen LogP contribution in [0.15, 0.2) is 50.7 Å². The van der Waals surface area contributed by atoms with E-state index in [1.54, 1.807) is 36.6 Å². The van der Waals surface area contributed by atoms with E-state index in [4.69, 9.17) is 25.8 Å². The van der Waals surface area contributed by atoms with Crippen molar-refractivity contribution in [1.29, 1.82) is 0 Å². The molecule has 2 aromatic heterocycles. The van der Waals surface area contributed by atoms with Crippen molar-refractivity contribution in [3.8, 4) is 11.5 Å². The molecule has 1 aromatic carbocycles. The summed E-state index contributed by atoms with van der Waals surface area (Å²) >= 11 is 9.12. The maximum atomic E-state index is 13.6. The average molecular weight is 519 g/mol. The number of hydrogen-bond donors (Lipinski definition) is 0. The SMILES string of the molecule is CCOC(=O)C1=C(C)N=c2s/c(=C\c3cc(Cl)c(OC)c(OCC)c3)c(=O)n2[C@H]1c1cccs1. The quantitative estimate of drug-likeness (QED) is 0.443. The van der Waals surface area contributed by atoms with Crippen molar-refractivity contribution in [3.63, 3.8) is 0 Å². The van der Waals surface area contributed by atoms with Gasteiger partial charge in [-0.25, -0.2) is 9.79 Å². The van der Waals surface area contributed by atoms with Gasteiger partial charge in [-0.2, -0.15) is 0 Å². The van der Waals surface area contributed by atoms with Gasteiger partial charge in [0.25, 0.3) is 5.56 Å². The molecule has 0 unspecified atom stereocenters. The molecule has 3 aromatic rings. The van der Waals surface area contributed by atoms with Gasteiger partial charge in [-0.1, -0.05) is 29.0 Å². The van der Waals surface area contributed by atoms with Crippen LogP contribution in [0, 0.1) is 0 Å². The molecule has 1 atom stereocenters. The van der Waals surface area contributed by atoms with Gasteiger partial charge in [0, 0.05) is 4.88 Å². The van der Waals surface area contributed by atoms with E-state index >= 15 is 0 Å². The van der Waals surface area contributed by atoms with Gasteiger partial charge in [0.1, 0.15) is 6.04 Å². The van der Waals surface area contributed by atoms with Gasteiger partial charge >= 0.3 is 5.97 Å². The van der Waals surface area contributed by atoms with Crippen molar-refractivity contribution < 1.29 is 19.0 Å². The number of thiophene rings is 1. The highest BCUT2D eigenvalue weighted by Gasteiger charge is 2.33. The molecule has 7 nitrogen and oxygen atoms in total. The van der Waals surface area contributed by atoms with Gasteiger partial charge in [-0.15, -0.1) is 11.3 Å². The lowest BCUT2D eigenvalue weighted by molar-refractivity contribution is -0.139. The molecule has 0 radical (unpaired) electrons. The molecule has 0 bridgehead atoms. The van der Waals surface area contributed by atoms with Crippen molar-refractivity contribution in [2.75, 3.05) is 20.3 Å². The van der Waals surface area contributed by atoms with E-state index in [1.807, 2.05) is 24.4 Å². The van der Waals surface area contributed by atoms with E-state index in [-0.39, 0.29) is 12.2 Å². The molecule has 0 saturated heterocycles. The Labute approximate surface area is 209 Å². The fourth-order valence-electron chi connectivity index (χ4n) is 3.79. The topological polar surface area (TPSA) is 79.1 Å². The number of halogens is 1. The molecule has 0 spiro atoms. The fourth-order valence-corrected chi connectivity index (χ4v) is 5.96. The number of esters is 1. The van der Waals surface area contributed by atoms with Crippen molar-refractivity contribution in [2.24, 2.45) is 4.99 Å². The largest absolute Gasteiger partial charge is 0.491 e. The molecule has 0 N–H and O–H groups in total. The van der Waals surface area contributed by atoms with Gasteiger partial charge in [-0.3, -0.25) is 9.36 Å². The molecule has 3 heterocycles. The molecular weight excluding hydrogens is 496 g/mol. The Bertz CT molecular complexity index is 1440. The summed E-state index contributed by atoms with van der Waals surface area (Å²) in [5, 5.41) is 2.29. The summed E-state index contributed by atoms with van der Waals surface area (Å²) < 4.78 is 18.3. The summed E-state index contributed by atoms with van der Waals surface area (Å²) in [5.74, 6) is 0.461. The number of ether oxygens (including phenoxy) is 3. The first-order valence-corrected chi connectivity index (χ1v) is 12.7. The van der Waals surface area contributed by atoms with Crippen molar-refractivity contribution in [2.45, 2.75) is 26.8 Å². The zero-order valence-electron chi connectivity index (χ0n) is 19.1. The van der Waals surface area contributed by atoms with Crippen LogP contribution < -0.4 is 24.4 Å². The number of carbonyl (C=O) groups is 1. The number of nitrogens with zero attached hydrogens (tertiary/aromatic N) is 2. The van der Waals surface area contributed by atoms with Crippen LogP contribution >= 0.6 is 34.3 Å². The Kier molecular flexibility index (Phi) is 7.25. The molecule has 0 aliphatic carbocycles. The minimum absolute atomic E-state index is 0.234. The summed E-state index contributed by atoms with van der Waals surface area (Å²) in [6, 6.07) is 6.69. The first kappa shape index (κ1) is 24.3. The summed E-state index contributed by atoms with van der Waals surface area (Å²) in [4.78, 5) is 32.4. The number of hydrogen-bond acceptors (Lipinski definition) is 8. The van der Waals surface area contributed by atoms with E-state index in [0.717, 1.165) is 4.88 Å². The maximum Gasteiger partial charge on any atom is 0.338 e. The minimum atomic E-state index is -0.601. The molecule has 1 aliphatic rings. The Morgan fingerprint density at radius 2 is 2.09 bits per heavy atom. The van der Waals surface area contributed by atoms with Crippen LogP contribution in [0.4, 0.5) is 0 Å². The second-order valence-electron chi connectivity index (χ2n) is 7.28. The van der Waals surface area contributed by atoms with Gasteiger partial charge in [0.05, 0.1) is 41.1 Å². The number of fused-ring (bicyclic) bond motifs is 1. The summed E-state index contributed by atoms with van der Waals surface area (Å²) in [7, 11) is 1.52. The second kappa shape index (κ2) is 10.2. The third kappa shape index (κ3) is 4.43. The monoisotopic (exact) mass is 518 g/mol. The number of rotatable bonds is 7. The van der Waals surface area contributed by atoms with Crippen LogP contribution in [0.3, 0.4) is 0 Å². The van der Waals surface area contributed by atoms with Gasteiger partial charge in [0.15, 0.2) is 16.3 Å². The van der Waals surface area contributed by atoms with Crippen molar-refractivity contribution >= 4 is 46.3 Å². The predicted octanol–water partition coefficient (Wildman–Crippen LogP) is 3.92. The second-order valence-corrected chi connectivity index (χ2v) is 9.68. The van der Waals surface area contributed by atoms with Crippen LogP contribution in [0.5, 0.6) is 11.5 Å². The third-order valence-corrected chi connectivity index (χ3v) is 7.35. The lowest BCUT2D eigenvalue weighted by Crippen LogP contribution is -2.39. The van der Waals surface area contributed by atoms with Crippen molar-refractivity contribution in [3.05, 3.63) is 76.1 Å². The number of benzene rings is 1. The molecule has 178 valence electrons. The molecule has 0 saturated carbocycles. The summed E-state index contributed by atoms with van der Waals surface area (Å²) in [6.07, 6.45) is 1.74. The van der Waals surface area contributed by atoms with Crippen molar-refractivity contribution in [1.82, 2.24) is 4.57 Å². The highest BCUT2D eigenvalue weighted by molar-refractivity contribution is 7.10. The van der Waals surface area contributed by atoms with E-state index in [2.05, 4.69) is 4.99 Å². The lowest BCUT2D eigenvalue weighted by atomic mass is 10.0. The average Bonchev–Trinajstić information content (AvgIpc) is 3.42. The van der Waals surface area contributed by atoms with Crippen LogP contribution in [-0.2, 0) is 9.53 Å². The molecule has 0 amide bonds. The van der Waals surface area contributed by atoms with Crippen LogP contribution in [0.25, 0.3) is 6.08 Å². The Balaban J connectivity index is 1.91. The highest BCUT2D eigenvalue weighted by Crippen LogP contribution is 2.37. The minimum Gasteiger partial charge on any atom is -0.491 e. The number of allylic oxidation sites excluding steroid dienone is 1. The van der Waals surface area contributed by atoms with E-state index < -0.39 is 12.0 Å². The van der Waals surface area contributed by atoms with Crippen LogP contribution in [0.1, 0.15) is 37.3 Å². The predicted molar refractivity (Wildman–Crippen MR) is 134 cm³/mol. The smallest absolute Gasteiger partial charge is 0.338 e. The normalized spacial score (nSPS) is 15.7. The Hall–Kier alpha value is -2.88. The first-order valence-electron chi connectivity index (χ1n) is 10.6. The number of methoxy groups -OCH3 is 1. The lowest BCUT2D eigenvalue weighted by Gasteiger charge is -2.23. The molecule has 0 fully saturated rings. The molecule has 1 aliphatic heterocycles. The number of thiazole rings is 1. The highest BCUT2D eigenvalue weighted by atomic mass is 35.5. The van der Waals surface area contributed by atoms with Crippen LogP contribution in [-0.4, -0.2) is 30.9 Å². The summed E-state index contributed by atoms with van der Waals surface area (Å²) in [5.41, 5.74) is 1.35. The Morgan fingerprint density at radius 1 is 1.29 bits per heavy atom. The molecule has 10 heteroatoms. The molecule has 4 rings (SSSR count). The van der Waals surface area contributed by atoms with Gasteiger partial charge in [-0.05, 0) is 56.0 Å². The van der Waals surface area contributed by atoms with E-state index in [9.17, 15) is 9.59 Å². The zero-order chi connectivity index (χ0) is 24.4. The van der Waals surface area contributed by atoms with Gasteiger partial charge < -0.3 is 14.2 Å². The standard InChI is InChI=1S/C24H23ClN2O5S2/c1-5-31-16-11-14(10-15(25)21(16)30-4)12-18-22(28)27-20(17-8-7-9-33-17)19(23(29)32-6-2)13(3)26-24(27)34-18/h7-12,20H,5-6H2,1-4H3/b18-12-/t20-/m0/s1.